The molecule has 0 radical (unpaired) electrons. The van der Waals surface area contributed by atoms with Gasteiger partial charge in [-0.3, -0.25) is 0 Å². The summed E-state index contributed by atoms with van der Waals surface area (Å²) in [5.41, 5.74) is -4.12. The molecule has 0 heterocycles. The molecule has 27 heteroatoms. The number of hydrogen-bond donors (Lipinski definition) is 0. The van der Waals surface area contributed by atoms with Crippen molar-refractivity contribution in [3.8, 4) is 0 Å². The zero-order valence-electron chi connectivity index (χ0n) is 16.9. The average Bonchev–Trinajstić information content (AvgIpc) is 2.73. The van der Waals surface area contributed by atoms with Crippen LogP contribution in [0.25, 0.3) is 0 Å². The number of alkyl halides is 15. The van der Waals surface area contributed by atoms with Crippen molar-refractivity contribution in [1.82, 2.24) is 0 Å². The Morgan fingerprint density at radius 3 is 1.18 bits per heavy atom. The fourth-order valence-corrected chi connectivity index (χ4v) is 3.02. The summed E-state index contributed by atoms with van der Waals surface area (Å²) in [7, 11) is -9.17. The molecule has 0 spiro atoms. The molecule has 0 amide bonds. The molecular weight excluding hydrogens is 665 g/mol. The van der Waals surface area contributed by atoms with Crippen LogP contribution in [0, 0.1) is 34.3 Å². The van der Waals surface area contributed by atoms with Crippen LogP contribution in [0.2, 0.25) is 0 Å². The van der Waals surface area contributed by atoms with E-state index in [4.69, 9.17) is 0 Å². The molecule has 1 atom stereocenters. The predicted molar refractivity (Wildman–Crippen MR) is 75.7 cm³/mol. The SMILES string of the molecule is O=S(=O)(O[N+]([O-])(F)C(F)(F)c1c(F)c(F)c(F)c(F)c1F)C(F)(F)C(F)(F)C(F)(F)C(F)(F)C(F)(F)C(F)(F)F. The first kappa shape index (κ1) is 35.6. The molecular formula is C13F21NO4S. The van der Waals surface area contributed by atoms with Crippen LogP contribution in [0.3, 0.4) is 0 Å². The van der Waals surface area contributed by atoms with Crippen molar-refractivity contribution in [3.63, 3.8) is 0 Å². The van der Waals surface area contributed by atoms with E-state index in [1.165, 1.54) is 4.28 Å². The fraction of sp³-hybridized carbons (Fsp3) is 0.538. The second-order valence-corrected chi connectivity index (χ2v) is 8.38. The van der Waals surface area contributed by atoms with Gasteiger partial charge >= 0.3 is 51.3 Å². The lowest BCUT2D eigenvalue weighted by Gasteiger charge is -2.39. The van der Waals surface area contributed by atoms with Crippen molar-refractivity contribution in [2.45, 2.75) is 41.2 Å². The largest absolute Gasteiger partial charge is 0.552 e. The van der Waals surface area contributed by atoms with Crippen LogP contribution in [-0.2, 0) is 20.4 Å². The highest BCUT2D eigenvalue weighted by molar-refractivity contribution is 7.87. The first-order valence-electron chi connectivity index (χ1n) is 8.24. The third kappa shape index (κ3) is 4.56. The molecule has 1 rings (SSSR count). The second-order valence-electron chi connectivity index (χ2n) is 6.81. The molecule has 1 unspecified atom stereocenters. The monoisotopic (exact) mass is 665 g/mol. The fourth-order valence-electron chi connectivity index (χ4n) is 2.13. The maximum Gasteiger partial charge on any atom is 0.493 e. The van der Waals surface area contributed by atoms with Crippen molar-refractivity contribution in [3.05, 3.63) is 39.9 Å². The summed E-state index contributed by atoms with van der Waals surface area (Å²) in [6.07, 6.45) is -7.99. The van der Waals surface area contributed by atoms with E-state index in [1.54, 1.807) is 0 Å². The minimum atomic E-state index is -9.17. The summed E-state index contributed by atoms with van der Waals surface area (Å²) >= 11 is 0. The zero-order chi connectivity index (χ0) is 32.7. The molecule has 0 aromatic heterocycles. The quantitative estimate of drug-likeness (QED) is 0.0747. The summed E-state index contributed by atoms with van der Waals surface area (Å²) < 4.78 is 300. The van der Waals surface area contributed by atoms with Crippen molar-refractivity contribution >= 4 is 10.1 Å². The topological polar surface area (TPSA) is 66.4 Å². The van der Waals surface area contributed by atoms with Gasteiger partial charge in [0.15, 0.2) is 28.8 Å². The second kappa shape index (κ2) is 9.30. The maximum absolute atomic E-state index is 13.9. The Hall–Kier alpha value is -2.42. The van der Waals surface area contributed by atoms with Gasteiger partial charge in [-0.2, -0.15) is 65.5 Å². The normalized spacial score (nSPS) is 16.8. The number of hydrogen-bond acceptors (Lipinski definition) is 4. The third-order valence-electron chi connectivity index (χ3n) is 4.26. The van der Waals surface area contributed by atoms with Crippen molar-refractivity contribution in [2.24, 2.45) is 0 Å². The molecule has 0 aliphatic heterocycles. The molecule has 0 aliphatic carbocycles. The average molecular weight is 665 g/mol. The number of rotatable bonds is 9. The van der Waals surface area contributed by atoms with Gasteiger partial charge in [-0.1, -0.05) is 0 Å². The third-order valence-corrected chi connectivity index (χ3v) is 5.53. The van der Waals surface area contributed by atoms with Crippen LogP contribution in [0.15, 0.2) is 0 Å². The molecule has 0 bridgehead atoms. The Bertz CT molecular complexity index is 1240. The zero-order valence-corrected chi connectivity index (χ0v) is 17.7. The Balaban J connectivity index is 3.79. The van der Waals surface area contributed by atoms with Gasteiger partial charge in [0.2, 0.25) is 5.82 Å². The first-order valence-corrected chi connectivity index (χ1v) is 9.65. The van der Waals surface area contributed by atoms with E-state index < -0.39 is 91.0 Å². The van der Waals surface area contributed by atoms with E-state index >= 15 is 0 Å². The molecule has 1 aromatic carbocycles. The summed E-state index contributed by atoms with van der Waals surface area (Å²) in [6.45, 7) is 0. The minimum Gasteiger partial charge on any atom is -0.552 e. The Morgan fingerprint density at radius 1 is 0.550 bits per heavy atom. The highest BCUT2D eigenvalue weighted by Crippen LogP contribution is 2.61. The molecule has 0 N–H and O–H groups in total. The van der Waals surface area contributed by atoms with E-state index in [1.807, 2.05) is 0 Å². The molecule has 0 saturated carbocycles. The summed E-state index contributed by atoms with van der Waals surface area (Å²) in [5, 5.41) is -4.23. The van der Waals surface area contributed by atoms with Crippen molar-refractivity contribution in [2.75, 3.05) is 0 Å². The molecule has 0 fully saturated rings. The highest BCUT2D eigenvalue weighted by Gasteiger charge is 2.93. The lowest BCUT2D eigenvalue weighted by Crippen LogP contribution is -2.71. The Labute approximate surface area is 202 Å². The van der Waals surface area contributed by atoms with Gasteiger partial charge in [0, 0.05) is 4.48 Å². The van der Waals surface area contributed by atoms with Crippen LogP contribution in [-0.4, -0.2) is 48.6 Å². The minimum absolute atomic E-state index is 1.52. The van der Waals surface area contributed by atoms with Crippen LogP contribution < -0.4 is 0 Å². The highest BCUT2D eigenvalue weighted by atomic mass is 32.2. The smallest absolute Gasteiger partial charge is 0.493 e. The lowest BCUT2D eigenvalue weighted by molar-refractivity contribution is -1.22. The van der Waals surface area contributed by atoms with Gasteiger partial charge in [-0.15, -0.1) is 8.78 Å². The molecule has 0 aliphatic rings. The number of benzene rings is 1. The lowest BCUT2D eigenvalue weighted by atomic mass is 9.98. The standard InChI is InChI=1S/C13F21NO4S/c14-2-1(3(15)5(17)6(18)4(2)16)7(19,20)35(34,36)39-40(37,38)13(32,33)11(27,28)9(23,24)8(21,22)10(25,26)12(29,30)31. The van der Waals surface area contributed by atoms with Crippen molar-refractivity contribution in [1.29, 1.82) is 0 Å². The molecule has 40 heavy (non-hydrogen) atoms. The predicted octanol–water partition coefficient (Wildman–Crippen LogP) is 6.59. The first-order chi connectivity index (χ1) is 17.1. The molecule has 234 valence electrons. The number of hydroxylamine groups is 2. The van der Waals surface area contributed by atoms with Gasteiger partial charge in [0.25, 0.3) is 0 Å². The van der Waals surface area contributed by atoms with E-state index in [-0.39, 0.29) is 0 Å². The van der Waals surface area contributed by atoms with Gasteiger partial charge in [0.1, 0.15) is 0 Å². The Morgan fingerprint density at radius 2 is 0.850 bits per heavy atom. The Kier molecular flexibility index (Phi) is 8.27. The van der Waals surface area contributed by atoms with Gasteiger partial charge in [-0.05, 0) is 4.28 Å². The van der Waals surface area contributed by atoms with E-state index in [0.29, 0.717) is 0 Å². The van der Waals surface area contributed by atoms with Gasteiger partial charge in [-0.25, -0.2) is 22.0 Å². The van der Waals surface area contributed by atoms with Gasteiger partial charge in [0.05, 0.1) is 5.03 Å². The maximum atomic E-state index is 13.9. The number of halogens is 21. The molecule has 1 aromatic rings. The van der Waals surface area contributed by atoms with E-state index in [0.717, 1.165) is 0 Å². The van der Waals surface area contributed by atoms with Crippen molar-refractivity contribution < 1.29 is 110 Å². The van der Waals surface area contributed by atoms with Crippen LogP contribution in [0.4, 0.5) is 92.3 Å². The number of quaternary nitrogens is 1. The summed E-state index contributed by atoms with van der Waals surface area (Å²) in [6, 6.07) is -7.43. The van der Waals surface area contributed by atoms with E-state index in [9.17, 15) is 106 Å². The summed E-state index contributed by atoms with van der Waals surface area (Å²) in [5.74, 6) is -53.4. The molecule has 5 nitrogen and oxygen atoms in total. The van der Waals surface area contributed by atoms with Gasteiger partial charge < -0.3 is 5.21 Å². The van der Waals surface area contributed by atoms with E-state index in [2.05, 4.69) is 0 Å². The molecule has 0 saturated heterocycles. The van der Waals surface area contributed by atoms with Crippen LogP contribution in [0.1, 0.15) is 5.56 Å². The summed E-state index contributed by atoms with van der Waals surface area (Å²) in [4.78, 5) is 0. The number of nitrogens with zero attached hydrogens (tertiary/aromatic N) is 1. The van der Waals surface area contributed by atoms with Crippen LogP contribution in [0.5, 0.6) is 0 Å². The van der Waals surface area contributed by atoms with Crippen LogP contribution >= 0.6 is 0 Å².